The second kappa shape index (κ2) is 5.65. The Labute approximate surface area is 125 Å². The first kappa shape index (κ1) is 13.3. The van der Waals surface area contributed by atoms with E-state index < -0.39 is 0 Å². The van der Waals surface area contributed by atoms with Gasteiger partial charge in [0, 0.05) is 23.5 Å². The maximum Gasteiger partial charge on any atom is 0.102 e. The maximum absolute atomic E-state index is 9.27. The Bertz CT molecular complexity index is 641. The van der Waals surface area contributed by atoms with E-state index in [4.69, 9.17) is 5.73 Å². The van der Waals surface area contributed by atoms with Gasteiger partial charge in [-0.05, 0) is 44.0 Å². The van der Waals surface area contributed by atoms with Crippen LogP contribution in [0.15, 0.2) is 38.2 Å². The van der Waals surface area contributed by atoms with E-state index in [1.165, 1.54) is 11.3 Å². The van der Waals surface area contributed by atoms with Gasteiger partial charge in [-0.1, -0.05) is 6.07 Å². The highest BCUT2D eigenvalue weighted by Gasteiger charge is 2.13. The Morgan fingerprint density at radius 1 is 1.44 bits per heavy atom. The number of hydrogen-bond acceptors (Lipinski definition) is 4. The van der Waals surface area contributed by atoms with Crippen molar-refractivity contribution in [2.24, 2.45) is 5.73 Å². The molecule has 3 nitrogen and oxygen atoms in total. The van der Waals surface area contributed by atoms with E-state index in [9.17, 15) is 5.26 Å². The SMILES string of the molecule is N#C/C(=C(/N)c1cc(Br)sc1Br)c1cccnc1. The molecule has 0 bridgehead atoms. The van der Waals surface area contributed by atoms with Crippen LogP contribution < -0.4 is 5.73 Å². The van der Waals surface area contributed by atoms with Crippen LogP contribution >= 0.6 is 43.2 Å². The van der Waals surface area contributed by atoms with Gasteiger partial charge in [0.05, 0.1) is 18.8 Å². The van der Waals surface area contributed by atoms with Gasteiger partial charge in [0.25, 0.3) is 0 Å². The zero-order valence-corrected chi connectivity index (χ0v) is 13.0. The van der Waals surface area contributed by atoms with Crippen LogP contribution in [0.5, 0.6) is 0 Å². The molecule has 0 unspecified atom stereocenters. The Balaban J connectivity index is 2.58. The van der Waals surface area contributed by atoms with Crippen LogP contribution in [-0.4, -0.2) is 4.98 Å². The van der Waals surface area contributed by atoms with Crippen LogP contribution in [0.25, 0.3) is 11.3 Å². The molecule has 18 heavy (non-hydrogen) atoms. The molecule has 0 aliphatic rings. The first-order chi connectivity index (χ1) is 8.63. The molecular formula is C12H7Br2N3S. The molecule has 0 aromatic carbocycles. The van der Waals surface area contributed by atoms with Crippen molar-refractivity contribution >= 4 is 54.5 Å². The molecule has 0 saturated heterocycles. The minimum Gasteiger partial charge on any atom is -0.397 e. The third-order valence-corrected chi connectivity index (χ3v) is 4.62. The fraction of sp³-hybridized carbons (Fsp3) is 0. The average Bonchev–Trinajstić information content (AvgIpc) is 2.70. The largest absolute Gasteiger partial charge is 0.397 e. The molecule has 2 rings (SSSR count). The van der Waals surface area contributed by atoms with Crippen molar-refractivity contribution in [3.63, 3.8) is 0 Å². The van der Waals surface area contributed by atoms with Crippen molar-refractivity contribution < 1.29 is 0 Å². The number of aromatic nitrogens is 1. The van der Waals surface area contributed by atoms with Crippen molar-refractivity contribution in [1.82, 2.24) is 4.98 Å². The van der Waals surface area contributed by atoms with Crippen molar-refractivity contribution in [3.05, 3.63) is 49.3 Å². The topological polar surface area (TPSA) is 62.7 Å². The van der Waals surface area contributed by atoms with Crippen molar-refractivity contribution in [3.8, 4) is 6.07 Å². The second-order valence-electron chi connectivity index (χ2n) is 3.38. The van der Waals surface area contributed by atoms with Gasteiger partial charge >= 0.3 is 0 Å². The molecule has 6 heteroatoms. The molecule has 0 aliphatic heterocycles. The van der Waals surface area contributed by atoms with Gasteiger partial charge in [0.1, 0.15) is 6.07 Å². The van der Waals surface area contributed by atoms with E-state index in [1.807, 2.05) is 12.1 Å². The first-order valence-corrected chi connectivity index (χ1v) is 7.29. The van der Waals surface area contributed by atoms with E-state index in [0.717, 1.165) is 13.1 Å². The predicted molar refractivity (Wildman–Crippen MR) is 80.6 cm³/mol. The minimum absolute atomic E-state index is 0.425. The van der Waals surface area contributed by atoms with E-state index >= 15 is 0 Å². The van der Waals surface area contributed by atoms with Crippen molar-refractivity contribution in [2.45, 2.75) is 0 Å². The number of nitriles is 1. The minimum atomic E-state index is 0.425. The maximum atomic E-state index is 9.27. The van der Waals surface area contributed by atoms with Gasteiger partial charge in [-0.15, -0.1) is 11.3 Å². The lowest BCUT2D eigenvalue weighted by Crippen LogP contribution is -2.00. The first-order valence-electron chi connectivity index (χ1n) is 4.89. The summed E-state index contributed by atoms with van der Waals surface area (Å²) in [5.41, 5.74) is 8.48. The van der Waals surface area contributed by atoms with Gasteiger partial charge in [-0.2, -0.15) is 5.26 Å². The van der Waals surface area contributed by atoms with E-state index in [2.05, 4.69) is 42.9 Å². The third kappa shape index (κ3) is 2.64. The predicted octanol–water partition coefficient (Wildman–Crippen LogP) is 4.02. The van der Waals surface area contributed by atoms with E-state index in [0.29, 0.717) is 16.8 Å². The van der Waals surface area contributed by atoms with Gasteiger partial charge in [0.2, 0.25) is 0 Å². The summed E-state index contributed by atoms with van der Waals surface area (Å²) in [7, 11) is 0. The molecule has 0 radical (unpaired) electrons. The Kier molecular flexibility index (Phi) is 4.17. The fourth-order valence-electron chi connectivity index (χ4n) is 1.45. The molecule has 0 amide bonds. The highest BCUT2D eigenvalue weighted by atomic mass is 79.9. The Morgan fingerprint density at radius 2 is 2.22 bits per heavy atom. The highest BCUT2D eigenvalue weighted by Crippen LogP contribution is 2.36. The van der Waals surface area contributed by atoms with Gasteiger partial charge in [-0.3, -0.25) is 4.98 Å². The number of thiophene rings is 1. The van der Waals surface area contributed by atoms with Crippen LogP contribution in [0.4, 0.5) is 0 Å². The lowest BCUT2D eigenvalue weighted by molar-refractivity contribution is 1.31. The molecule has 90 valence electrons. The Morgan fingerprint density at radius 3 is 2.72 bits per heavy atom. The van der Waals surface area contributed by atoms with E-state index in [1.54, 1.807) is 18.5 Å². The molecule has 2 aromatic heterocycles. The van der Waals surface area contributed by atoms with Crippen molar-refractivity contribution in [2.75, 3.05) is 0 Å². The standard InChI is InChI=1S/C12H7Br2N3S/c13-10-4-8(12(14)18-10)11(16)9(5-15)7-2-1-3-17-6-7/h1-4,6H,16H2/b11-9-. The normalized spacial score (nSPS) is 11.8. The van der Waals surface area contributed by atoms with Gasteiger partial charge in [0.15, 0.2) is 0 Å². The zero-order chi connectivity index (χ0) is 13.1. The van der Waals surface area contributed by atoms with Crippen LogP contribution in [0.1, 0.15) is 11.1 Å². The molecular weight excluding hydrogens is 378 g/mol. The smallest absolute Gasteiger partial charge is 0.102 e. The van der Waals surface area contributed by atoms with Crippen LogP contribution in [0.2, 0.25) is 0 Å². The number of pyridine rings is 1. The second-order valence-corrected chi connectivity index (χ2v) is 7.13. The summed E-state index contributed by atoms with van der Waals surface area (Å²) in [4.78, 5) is 4.00. The summed E-state index contributed by atoms with van der Waals surface area (Å²) in [5.74, 6) is 0. The lowest BCUT2D eigenvalue weighted by atomic mass is 10.0. The summed E-state index contributed by atoms with van der Waals surface area (Å²) in [5, 5.41) is 9.27. The van der Waals surface area contributed by atoms with Crippen LogP contribution in [0, 0.1) is 11.3 Å². The quantitative estimate of drug-likeness (QED) is 0.795. The fourth-order valence-corrected chi connectivity index (χ4v) is 4.29. The molecule has 2 heterocycles. The number of nitrogens with zero attached hydrogens (tertiary/aromatic N) is 2. The van der Waals surface area contributed by atoms with Gasteiger partial charge < -0.3 is 5.73 Å². The van der Waals surface area contributed by atoms with Gasteiger partial charge in [-0.25, -0.2) is 0 Å². The third-order valence-electron chi connectivity index (χ3n) is 2.28. The van der Waals surface area contributed by atoms with Crippen molar-refractivity contribution in [1.29, 1.82) is 5.26 Å². The van der Waals surface area contributed by atoms with Crippen LogP contribution in [-0.2, 0) is 0 Å². The summed E-state index contributed by atoms with van der Waals surface area (Å²) in [6.45, 7) is 0. The number of nitrogens with two attached hydrogens (primary N) is 1. The number of allylic oxidation sites excluding steroid dienone is 1. The Hall–Kier alpha value is -1.16. The molecule has 0 aliphatic carbocycles. The highest BCUT2D eigenvalue weighted by molar-refractivity contribution is 9.12. The number of halogens is 2. The van der Waals surface area contributed by atoms with Crippen LogP contribution in [0.3, 0.4) is 0 Å². The number of rotatable bonds is 2. The monoisotopic (exact) mass is 383 g/mol. The molecule has 0 saturated carbocycles. The summed E-state index contributed by atoms with van der Waals surface area (Å²) in [6.07, 6.45) is 3.28. The number of hydrogen-bond donors (Lipinski definition) is 1. The molecule has 0 spiro atoms. The summed E-state index contributed by atoms with van der Waals surface area (Å²) in [6, 6.07) is 7.61. The molecule has 2 N–H and O–H groups in total. The summed E-state index contributed by atoms with van der Waals surface area (Å²) >= 11 is 8.35. The molecule has 2 aromatic rings. The molecule has 0 fully saturated rings. The average molecular weight is 385 g/mol. The lowest BCUT2D eigenvalue weighted by Gasteiger charge is -2.04. The van der Waals surface area contributed by atoms with E-state index in [-0.39, 0.29) is 0 Å². The molecule has 0 atom stereocenters. The zero-order valence-electron chi connectivity index (χ0n) is 9.02. The summed E-state index contributed by atoms with van der Waals surface area (Å²) < 4.78 is 1.85.